The van der Waals surface area contributed by atoms with Crippen LogP contribution in [-0.2, 0) is 0 Å². The summed E-state index contributed by atoms with van der Waals surface area (Å²) in [5.41, 5.74) is 0. The Morgan fingerprint density at radius 1 is 1.31 bits per heavy atom. The summed E-state index contributed by atoms with van der Waals surface area (Å²) in [7, 11) is 0. The average molecular weight is 171 g/mol. The number of pyridine rings is 2. The smallest absolute Gasteiger partial charge is 0.219 e. The zero-order valence-electron chi connectivity index (χ0n) is 6.84. The van der Waals surface area contributed by atoms with Gasteiger partial charge in [0.2, 0.25) is 5.88 Å². The summed E-state index contributed by atoms with van der Waals surface area (Å²) in [6.07, 6.45) is 4.89. The molecule has 63 valence electrons. The standard InChI is InChI=1S/C10H7N2O/c1-2-7-12-10(5-1)13-9-4-3-6-11-8-9/h1,3-8H. The van der Waals surface area contributed by atoms with Crippen LogP contribution in [0.2, 0.25) is 0 Å². The number of nitrogens with zero attached hydrogens (tertiary/aromatic N) is 2. The molecule has 0 saturated heterocycles. The summed E-state index contributed by atoms with van der Waals surface area (Å²) in [4.78, 5) is 7.89. The molecular weight excluding hydrogens is 164 g/mol. The minimum atomic E-state index is 0.548. The van der Waals surface area contributed by atoms with E-state index in [2.05, 4.69) is 16.0 Å². The van der Waals surface area contributed by atoms with E-state index in [4.69, 9.17) is 4.74 Å². The normalized spacial score (nSPS) is 9.54. The monoisotopic (exact) mass is 171 g/mol. The zero-order chi connectivity index (χ0) is 8.93. The van der Waals surface area contributed by atoms with Crippen LogP contribution in [0.15, 0.2) is 42.9 Å². The lowest BCUT2D eigenvalue weighted by Gasteiger charge is -2.01. The molecule has 0 aliphatic carbocycles. The molecule has 1 radical (unpaired) electrons. The maximum absolute atomic E-state index is 5.38. The van der Waals surface area contributed by atoms with Crippen molar-refractivity contribution in [1.29, 1.82) is 0 Å². The maximum atomic E-state index is 5.38. The van der Waals surface area contributed by atoms with Crippen molar-refractivity contribution in [3.8, 4) is 11.6 Å². The summed E-state index contributed by atoms with van der Waals surface area (Å²) in [6.45, 7) is 0. The van der Waals surface area contributed by atoms with E-state index in [0.717, 1.165) is 0 Å². The lowest BCUT2D eigenvalue weighted by molar-refractivity contribution is 0.461. The molecule has 2 aromatic rings. The van der Waals surface area contributed by atoms with Gasteiger partial charge in [-0.1, -0.05) is 0 Å². The molecule has 0 saturated carbocycles. The lowest BCUT2D eigenvalue weighted by Crippen LogP contribution is -1.86. The molecule has 0 aromatic carbocycles. The number of hydrogen-bond donors (Lipinski definition) is 0. The highest BCUT2D eigenvalue weighted by molar-refractivity contribution is 5.22. The second kappa shape index (κ2) is 3.67. The predicted octanol–water partition coefficient (Wildman–Crippen LogP) is 2.07. The van der Waals surface area contributed by atoms with Gasteiger partial charge in [-0.05, 0) is 18.2 Å². The van der Waals surface area contributed by atoms with E-state index < -0.39 is 0 Å². The Kier molecular flexibility index (Phi) is 2.18. The van der Waals surface area contributed by atoms with Gasteiger partial charge < -0.3 is 4.74 Å². The lowest BCUT2D eigenvalue weighted by atomic mass is 10.4. The molecule has 0 spiro atoms. The summed E-state index contributed by atoms with van der Waals surface area (Å²) in [5.74, 6) is 1.23. The van der Waals surface area contributed by atoms with E-state index in [-0.39, 0.29) is 0 Å². The molecule has 0 fully saturated rings. The topological polar surface area (TPSA) is 35.0 Å². The number of rotatable bonds is 2. The fourth-order valence-corrected chi connectivity index (χ4v) is 0.895. The molecule has 0 aliphatic rings. The van der Waals surface area contributed by atoms with Gasteiger partial charge in [-0.3, -0.25) is 4.98 Å². The Bertz CT molecular complexity index is 324. The predicted molar refractivity (Wildman–Crippen MR) is 47.4 cm³/mol. The maximum Gasteiger partial charge on any atom is 0.219 e. The molecule has 0 N–H and O–H groups in total. The summed E-state index contributed by atoms with van der Waals surface area (Å²) < 4.78 is 5.38. The van der Waals surface area contributed by atoms with E-state index >= 15 is 0 Å². The van der Waals surface area contributed by atoms with Crippen LogP contribution < -0.4 is 4.74 Å². The minimum absolute atomic E-state index is 0.548. The van der Waals surface area contributed by atoms with E-state index in [9.17, 15) is 0 Å². The fraction of sp³-hybridized carbons (Fsp3) is 0. The van der Waals surface area contributed by atoms with Crippen molar-refractivity contribution in [3.05, 3.63) is 48.9 Å². The highest BCUT2D eigenvalue weighted by Gasteiger charge is 1.94. The van der Waals surface area contributed by atoms with Gasteiger partial charge in [0.1, 0.15) is 5.75 Å². The van der Waals surface area contributed by atoms with E-state index in [0.29, 0.717) is 11.6 Å². The number of ether oxygens (including phenoxy) is 1. The molecule has 0 aliphatic heterocycles. The first-order chi connectivity index (χ1) is 6.45. The molecule has 0 amide bonds. The van der Waals surface area contributed by atoms with Crippen LogP contribution in [0.1, 0.15) is 0 Å². The van der Waals surface area contributed by atoms with Crippen molar-refractivity contribution < 1.29 is 4.74 Å². The van der Waals surface area contributed by atoms with Crippen molar-refractivity contribution in [2.24, 2.45) is 0 Å². The quantitative estimate of drug-likeness (QED) is 0.693. The summed E-state index contributed by atoms with van der Waals surface area (Å²) >= 11 is 0. The first-order valence-corrected chi connectivity index (χ1v) is 3.85. The first-order valence-electron chi connectivity index (χ1n) is 3.85. The van der Waals surface area contributed by atoms with Crippen LogP contribution >= 0.6 is 0 Å². The Balaban J connectivity index is 2.16. The van der Waals surface area contributed by atoms with Crippen molar-refractivity contribution in [2.75, 3.05) is 0 Å². The van der Waals surface area contributed by atoms with Crippen LogP contribution in [0.5, 0.6) is 11.6 Å². The average Bonchev–Trinajstić information content (AvgIpc) is 2.21. The highest BCUT2D eigenvalue weighted by atomic mass is 16.5. The minimum Gasteiger partial charge on any atom is -0.437 e. The molecule has 2 heterocycles. The Morgan fingerprint density at radius 2 is 2.31 bits per heavy atom. The Labute approximate surface area is 76.0 Å². The summed E-state index contributed by atoms with van der Waals surface area (Å²) in [5, 5.41) is 0. The third kappa shape index (κ3) is 2.02. The second-order valence-corrected chi connectivity index (χ2v) is 2.39. The molecule has 13 heavy (non-hydrogen) atoms. The van der Waals surface area contributed by atoms with E-state index in [1.165, 1.54) is 0 Å². The van der Waals surface area contributed by atoms with E-state index in [1.807, 2.05) is 12.1 Å². The van der Waals surface area contributed by atoms with Crippen LogP contribution in [0, 0.1) is 6.07 Å². The van der Waals surface area contributed by atoms with Gasteiger partial charge in [-0.2, -0.15) is 0 Å². The third-order valence-corrected chi connectivity index (χ3v) is 1.45. The number of aromatic nitrogens is 2. The second-order valence-electron chi connectivity index (χ2n) is 2.39. The zero-order valence-corrected chi connectivity index (χ0v) is 6.84. The van der Waals surface area contributed by atoms with Crippen LogP contribution in [0.25, 0.3) is 0 Å². The van der Waals surface area contributed by atoms with Gasteiger partial charge >= 0.3 is 0 Å². The van der Waals surface area contributed by atoms with Gasteiger partial charge in [-0.15, -0.1) is 0 Å². The Hall–Kier alpha value is -1.90. The third-order valence-electron chi connectivity index (χ3n) is 1.45. The first kappa shape index (κ1) is 7.73. The molecule has 0 atom stereocenters. The Morgan fingerprint density at radius 3 is 3.00 bits per heavy atom. The van der Waals surface area contributed by atoms with Crippen molar-refractivity contribution in [1.82, 2.24) is 9.97 Å². The molecule has 0 unspecified atom stereocenters. The molecule has 3 nitrogen and oxygen atoms in total. The van der Waals surface area contributed by atoms with Crippen LogP contribution in [0.3, 0.4) is 0 Å². The fourth-order valence-electron chi connectivity index (χ4n) is 0.895. The summed E-state index contributed by atoms with van der Waals surface area (Å²) in [6, 6.07) is 9.94. The number of hydrogen-bond acceptors (Lipinski definition) is 3. The molecule has 2 rings (SSSR count). The molecule has 0 bridgehead atoms. The largest absolute Gasteiger partial charge is 0.437 e. The van der Waals surface area contributed by atoms with Crippen molar-refractivity contribution in [3.63, 3.8) is 0 Å². The van der Waals surface area contributed by atoms with Crippen LogP contribution in [0.4, 0.5) is 0 Å². The molecular formula is C10H7N2O. The van der Waals surface area contributed by atoms with Gasteiger partial charge in [-0.25, -0.2) is 4.98 Å². The van der Waals surface area contributed by atoms with Gasteiger partial charge in [0.05, 0.1) is 6.20 Å². The van der Waals surface area contributed by atoms with Crippen molar-refractivity contribution in [2.45, 2.75) is 0 Å². The molecule has 3 heteroatoms. The van der Waals surface area contributed by atoms with Gasteiger partial charge in [0.25, 0.3) is 0 Å². The van der Waals surface area contributed by atoms with Crippen LogP contribution in [-0.4, -0.2) is 9.97 Å². The van der Waals surface area contributed by atoms with Gasteiger partial charge in [0.15, 0.2) is 0 Å². The van der Waals surface area contributed by atoms with E-state index in [1.54, 1.807) is 30.7 Å². The van der Waals surface area contributed by atoms with Gasteiger partial charge in [0, 0.05) is 24.5 Å². The highest BCUT2D eigenvalue weighted by Crippen LogP contribution is 2.15. The van der Waals surface area contributed by atoms with Crippen molar-refractivity contribution >= 4 is 0 Å². The SMILES string of the molecule is [c]1ccc(Oc2cccnc2)nc1. The molecule has 2 aromatic heterocycles.